The van der Waals surface area contributed by atoms with Gasteiger partial charge in [-0.25, -0.2) is 0 Å². The number of aromatic nitrogens is 1. The number of hydrogen-bond donors (Lipinski definition) is 1. The molecule has 0 amide bonds. The third kappa shape index (κ3) is 2.56. The molecule has 1 heterocycles. The highest BCUT2D eigenvalue weighted by molar-refractivity contribution is 5.30. The molecule has 2 nitrogen and oxygen atoms in total. The summed E-state index contributed by atoms with van der Waals surface area (Å²) in [5.41, 5.74) is 9.33. The first-order valence-electron chi connectivity index (χ1n) is 6.36. The Morgan fingerprint density at radius 1 is 1.53 bits per heavy atom. The lowest BCUT2D eigenvalue weighted by Gasteiger charge is -2.34. The van der Waals surface area contributed by atoms with Gasteiger partial charge >= 0.3 is 0 Å². The van der Waals surface area contributed by atoms with E-state index in [0.29, 0.717) is 5.41 Å². The van der Waals surface area contributed by atoms with Gasteiger partial charge in [-0.15, -0.1) is 11.8 Å². The largest absolute Gasteiger partial charge is 0.350 e. The van der Waals surface area contributed by atoms with E-state index in [1.807, 2.05) is 6.92 Å². The summed E-state index contributed by atoms with van der Waals surface area (Å²) in [6.07, 6.45) is 5.30. The predicted molar refractivity (Wildman–Crippen MR) is 71.5 cm³/mol. The van der Waals surface area contributed by atoms with Crippen molar-refractivity contribution < 1.29 is 0 Å². The minimum absolute atomic E-state index is 0.201. The smallest absolute Gasteiger partial charge is 0.0332 e. The Bertz CT molecular complexity index is 457. The van der Waals surface area contributed by atoms with E-state index in [0.717, 1.165) is 25.8 Å². The van der Waals surface area contributed by atoms with Crippen LogP contribution in [0.2, 0.25) is 0 Å². The molecule has 92 valence electrons. The van der Waals surface area contributed by atoms with Crippen molar-refractivity contribution >= 4 is 0 Å². The topological polar surface area (TPSA) is 30.9 Å². The van der Waals surface area contributed by atoms with Crippen molar-refractivity contribution in [1.29, 1.82) is 0 Å². The molecule has 17 heavy (non-hydrogen) atoms. The second-order valence-corrected chi connectivity index (χ2v) is 5.74. The molecular weight excluding hydrogens is 208 g/mol. The minimum Gasteiger partial charge on any atom is -0.350 e. The van der Waals surface area contributed by atoms with Crippen LogP contribution in [0.15, 0.2) is 12.3 Å². The highest BCUT2D eigenvalue weighted by Crippen LogP contribution is 2.39. The van der Waals surface area contributed by atoms with Gasteiger partial charge in [-0.2, -0.15) is 0 Å². The standard InChI is InChI=1S/C15H22N2/c1-4-5-6-8-17-9-7-12-13(16)10-15(2,3)11-14(12)17/h7,9,13H,6,8,10-11,16H2,1-3H3. The van der Waals surface area contributed by atoms with Crippen LogP contribution in [0.25, 0.3) is 0 Å². The number of fused-ring (bicyclic) bond motifs is 1. The molecule has 2 N–H and O–H groups in total. The summed E-state index contributed by atoms with van der Waals surface area (Å²) in [5.74, 6) is 6.07. The van der Waals surface area contributed by atoms with E-state index < -0.39 is 0 Å². The Morgan fingerprint density at radius 3 is 3.00 bits per heavy atom. The van der Waals surface area contributed by atoms with E-state index in [1.54, 1.807) is 0 Å². The summed E-state index contributed by atoms with van der Waals surface area (Å²) in [7, 11) is 0. The SMILES string of the molecule is CC#CCCn1ccc2c1CC(C)(C)CC2N. The van der Waals surface area contributed by atoms with Crippen molar-refractivity contribution in [2.75, 3.05) is 0 Å². The van der Waals surface area contributed by atoms with E-state index in [4.69, 9.17) is 5.73 Å². The Morgan fingerprint density at radius 2 is 2.29 bits per heavy atom. The minimum atomic E-state index is 0.201. The summed E-state index contributed by atoms with van der Waals surface area (Å²) in [6, 6.07) is 2.39. The van der Waals surface area contributed by atoms with E-state index in [1.165, 1.54) is 11.3 Å². The van der Waals surface area contributed by atoms with Crippen molar-refractivity contribution in [1.82, 2.24) is 4.57 Å². The predicted octanol–water partition coefficient (Wildman–Crippen LogP) is 2.87. The van der Waals surface area contributed by atoms with Gasteiger partial charge in [-0.3, -0.25) is 0 Å². The zero-order valence-corrected chi connectivity index (χ0v) is 11.1. The van der Waals surface area contributed by atoms with E-state index >= 15 is 0 Å². The fraction of sp³-hybridized carbons (Fsp3) is 0.600. The maximum absolute atomic E-state index is 6.25. The number of rotatable bonds is 2. The van der Waals surface area contributed by atoms with Crippen LogP contribution in [0.3, 0.4) is 0 Å². The van der Waals surface area contributed by atoms with Crippen molar-refractivity contribution in [3.8, 4) is 11.8 Å². The molecule has 0 aliphatic heterocycles. The van der Waals surface area contributed by atoms with Gasteiger partial charge in [0.1, 0.15) is 0 Å². The van der Waals surface area contributed by atoms with Gasteiger partial charge in [-0.05, 0) is 36.8 Å². The molecular formula is C15H22N2. The number of hydrogen-bond acceptors (Lipinski definition) is 1. The van der Waals surface area contributed by atoms with Gasteiger partial charge in [-0.1, -0.05) is 13.8 Å². The molecule has 0 fully saturated rings. The number of nitrogens with zero attached hydrogens (tertiary/aromatic N) is 1. The van der Waals surface area contributed by atoms with Crippen LogP contribution < -0.4 is 5.73 Å². The first kappa shape index (κ1) is 12.3. The molecule has 0 saturated carbocycles. The average Bonchev–Trinajstić information content (AvgIpc) is 2.60. The highest BCUT2D eigenvalue weighted by atomic mass is 15.0. The molecule has 1 aromatic heterocycles. The highest BCUT2D eigenvalue weighted by Gasteiger charge is 2.32. The summed E-state index contributed by atoms with van der Waals surface area (Å²) < 4.78 is 2.33. The fourth-order valence-corrected chi connectivity index (χ4v) is 2.81. The van der Waals surface area contributed by atoms with Crippen molar-refractivity contribution in [2.45, 2.75) is 52.6 Å². The first-order chi connectivity index (χ1) is 8.03. The van der Waals surface area contributed by atoms with Crippen LogP contribution in [0.4, 0.5) is 0 Å². The van der Waals surface area contributed by atoms with Gasteiger partial charge in [0, 0.05) is 30.9 Å². The van der Waals surface area contributed by atoms with Gasteiger partial charge in [0.2, 0.25) is 0 Å². The van der Waals surface area contributed by atoms with Crippen LogP contribution in [0, 0.1) is 17.3 Å². The second-order valence-electron chi connectivity index (χ2n) is 5.74. The van der Waals surface area contributed by atoms with Crippen LogP contribution in [-0.2, 0) is 13.0 Å². The molecule has 0 aromatic carbocycles. The average molecular weight is 230 g/mol. The molecule has 2 heteroatoms. The van der Waals surface area contributed by atoms with Crippen molar-refractivity contribution in [3.63, 3.8) is 0 Å². The van der Waals surface area contributed by atoms with Gasteiger partial charge in [0.15, 0.2) is 0 Å². The Labute approximate surface area is 104 Å². The van der Waals surface area contributed by atoms with Gasteiger partial charge in [0.05, 0.1) is 0 Å². The third-order valence-corrected chi connectivity index (χ3v) is 3.59. The monoisotopic (exact) mass is 230 g/mol. The molecule has 1 unspecified atom stereocenters. The van der Waals surface area contributed by atoms with Gasteiger partial charge < -0.3 is 10.3 Å². The molecule has 1 atom stereocenters. The third-order valence-electron chi connectivity index (χ3n) is 3.59. The van der Waals surface area contributed by atoms with E-state index in [-0.39, 0.29) is 6.04 Å². The zero-order valence-electron chi connectivity index (χ0n) is 11.1. The van der Waals surface area contributed by atoms with Crippen LogP contribution >= 0.6 is 0 Å². The van der Waals surface area contributed by atoms with Gasteiger partial charge in [0.25, 0.3) is 0 Å². The molecule has 1 aliphatic rings. The molecule has 2 rings (SSSR count). The summed E-state index contributed by atoms with van der Waals surface area (Å²) in [4.78, 5) is 0. The molecule has 0 saturated heterocycles. The first-order valence-corrected chi connectivity index (χ1v) is 6.36. The normalized spacial score (nSPS) is 21.5. The number of nitrogens with two attached hydrogens (primary N) is 1. The van der Waals surface area contributed by atoms with Crippen molar-refractivity contribution in [2.24, 2.45) is 11.1 Å². The second kappa shape index (κ2) is 4.58. The lowest BCUT2D eigenvalue weighted by molar-refractivity contribution is 0.275. The quantitative estimate of drug-likeness (QED) is 0.778. The van der Waals surface area contributed by atoms with E-state index in [9.17, 15) is 0 Å². The lowest BCUT2D eigenvalue weighted by Crippen LogP contribution is -2.30. The molecule has 0 spiro atoms. The molecule has 0 radical (unpaired) electrons. The fourth-order valence-electron chi connectivity index (χ4n) is 2.81. The Hall–Kier alpha value is -1.20. The van der Waals surface area contributed by atoms with E-state index in [2.05, 4.69) is 42.5 Å². The molecule has 1 aliphatic carbocycles. The maximum atomic E-state index is 6.25. The summed E-state index contributed by atoms with van der Waals surface area (Å²) in [5, 5.41) is 0. The van der Waals surface area contributed by atoms with Crippen molar-refractivity contribution in [3.05, 3.63) is 23.5 Å². The molecule has 0 bridgehead atoms. The Kier molecular flexibility index (Phi) is 3.31. The zero-order chi connectivity index (χ0) is 12.5. The summed E-state index contributed by atoms with van der Waals surface area (Å²) in [6.45, 7) is 7.49. The summed E-state index contributed by atoms with van der Waals surface area (Å²) >= 11 is 0. The van der Waals surface area contributed by atoms with Crippen LogP contribution in [0.5, 0.6) is 0 Å². The Balaban J connectivity index is 2.23. The number of aryl methyl sites for hydroxylation is 1. The maximum Gasteiger partial charge on any atom is 0.0332 e. The van der Waals surface area contributed by atoms with Crippen LogP contribution in [-0.4, -0.2) is 4.57 Å². The molecule has 1 aromatic rings. The van der Waals surface area contributed by atoms with Crippen LogP contribution in [0.1, 0.15) is 50.9 Å². The lowest BCUT2D eigenvalue weighted by atomic mass is 9.74.